The van der Waals surface area contributed by atoms with Gasteiger partial charge < -0.3 is 60.7 Å². The van der Waals surface area contributed by atoms with Crippen LogP contribution >= 0.6 is 37.2 Å². The zero-order chi connectivity index (χ0) is 51.4. The maximum absolute atomic E-state index is 14.4. The zero-order valence-electron chi connectivity index (χ0n) is 38.7. The number of benzene rings is 1. The van der Waals surface area contributed by atoms with Crippen molar-refractivity contribution in [1.82, 2.24) is 34.0 Å². The highest BCUT2D eigenvalue weighted by Gasteiger charge is 2.53. The lowest BCUT2D eigenvalue weighted by Gasteiger charge is -2.30. The lowest BCUT2D eigenvalue weighted by atomic mass is 9.92. The Balaban J connectivity index is 1.16. The van der Waals surface area contributed by atoms with Crippen LogP contribution in [0.4, 0.5) is 22.1 Å². The summed E-state index contributed by atoms with van der Waals surface area (Å²) in [7, 11) is -6.48. The number of imidazole rings is 1. The largest absolute Gasteiger partial charge is 0.472 e. The number of nitrogens with zero attached hydrogens (tertiary/aromatic N) is 7. The van der Waals surface area contributed by atoms with Gasteiger partial charge in [0, 0.05) is 42.0 Å². The second-order valence-corrected chi connectivity index (χ2v) is 23.5. The summed E-state index contributed by atoms with van der Waals surface area (Å²) in [6, 6.07) is 6.60. The number of phosphoric acid groups is 2. The van der Waals surface area contributed by atoms with E-state index < -0.39 is 108 Å². The second-order valence-electron chi connectivity index (χ2n) is 17.7. The van der Waals surface area contributed by atoms with Crippen LogP contribution in [0, 0.1) is 5.92 Å². The quantitative estimate of drug-likeness (QED) is 0.0289. The Kier molecular flexibility index (Phi) is 17.4. The summed E-state index contributed by atoms with van der Waals surface area (Å²) in [5, 5.41) is 12.0. The van der Waals surface area contributed by atoms with E-state index >= 15 is 0 Å². The van der Waals surface area contributed by atoms with Gasteiger partial charge in [0.15, 0.2) is 23.8 Å². The number of carbonyl (C=O) groups excluding carboxylic acids is 2. The number of ether oxygens (including phenoxy) is 5. The monoisotopic (exact) mass is 1070 g/mol. The molecule has 4 aromatic rings. The summed E-state index contributed by atoms with van der Waals surface area (Å²) in [5.74, 6) is -2.19. The lowest BCUT2D eigenvalue weighted by Crippen LogP contribution is -2.48. The van der Waals surface area contributed by atoms with Crippen molar-refractivity contribution >= 4 is 77.8 Å². The molecule has 0 saturated carbocycles. The molecule has 10 N–H and O–H groups in total. The number of nitrogens with two attached hydrogens (primary N) is 3. The van der Waals surface area contributed by atoms with Crippen LogP contribution in [0.25, 0.3) is 11.2 Å². The number of esters is 1. The molecule has 11 atom stereocenters. The Bertz CT molecular complexity index is 2650. The Morgan fingerprint density at radius 2 is 1.68 bits per heavy atom. The van der Waals surface area contributed by atoms with E-state index in [1.54, 1.807) is 24.3 Å². The third kappa shape index (κ3) is 14.0. The number of likely N-dealkylation sites (N-methyl/N-ethyl adjacent to an activating group) is 1. The third-order valence-corrected chi connectivity index (χ3v) is 16.1. The van der Waals surface area contributed by atoms with Gasteiger partial charge in [-0.1, -0.05) is 54.5 Å². The molecule has 0 radical (unpaired) electrons. The van der Waals surface area contributed by atoms with E-state index in [-0.39, 0.29) is 46.3 Å². The average Bonchev–Trinajstić information content (AvgIpc) is 4.10. The number of phosphoric ester groups is 2. The summed E-state index contributed by atoms with van der Waals surface area (Å²) >= 11 is 0. The minimum Gasteiger partial charge on any atom is -0.455 e. The van der Waals surface area contributed by atoms with Crippen molar-refractivity contribution in [3.05, 3.63) is 65.2 Å². The summed E-state index contributed by atoms with van der Waals surface area (Å²) in [4.78, 5) is 88.9. The molecule has 3 aromatic heterocycles. The summed E-state index contributed by atoms with van der Waals surface area (Å²) in [6.45, 7) is 4.32. The van der Waals surface area contributed by atoms with Crippen molar-refractivity contribution in [2.24, 2.45) is 5.92 Å². The Morgan fingerprint density at radius 1 is 0.972 bits per heavy atom. The lowest BCUT2D eigenvalue weighted by molar-refractivity contribution is -0.161. The van der Waals surface area contributed by atoms with Gasteiger partial charge in [0.05, 0.1) is 25.6 Å². The van der Waals surface area contributed by atoms with Gasteiger partial charge >= 0.3 is 33.4 Å². The molecule has 0 aliphatic carbocycles. The number of anilines is 3. The first-order valence-corrected chi connectivity index (χ1v) is 27.3. The van der Waals surface area contributed by atoms with Crippen molar-refractivity contribution < 1.29 is 75.8 Å². The van der Waals surface area contributed by atoms with Gasteiger partial charge in [-0.05, 0) is 43.0 Å². The Morgan fingerprint density at radius 3 is 2.35 bits per heavy atom. The molecule has 3 aliphatic rings. The average molecular weight is 1080 g/mol. The number of aliphatic hydroxyl groups is 1. The van der Waals surface area contributed by atoms with Gasteiger partial charge in [-0.25, -0.2) is 38.5 Å². The molecular weight excluding hydrogens is 1020 g/mol. The van der Waals surface area contributed by atoms with Crippen LogP contribution in [0.3, 0.4) is 0 Å². The van der Waals surface area contributed by atoms with Crippen LogP contribution in [-0.2, 0) is 57.8 Å². The van der Waals surface area contributed by atoms with Crippen LogP contribution in [0.5, 0.6) is 0 Å². The fraction of sp³-hybridized carbons (Fsp3) is 0.575. The molecule has 0 spiro atoms. The second kappa shape index (κ2) is 22.8. The molecule has 3 fully saturated rings. The van der Waals surface area contributed by atoms with E-state index in [1.165, 1.54) is 51.8 Å². The SMILES string of the molecule is CN(C(=O)OCc1ccc(N)cc1)[C@@H](CSSC(C)(C)C)C(=O)O[C@H]1[C@@H](O)[C@H](n2cnc3c(N)ncnc32)O[C@@H]1COP(=O)(O)O[C@H]1[C@@H](CC2CCCO2)[C@H](n2ccc(N)nc2=O)O[C@@H]1COP(=O)(O)O. The normalized spacial score (nSPS) is 26.1. The van der Waals surface area contributed by atoms with E-state index in [9.17, 15) is 43.3 Å². The molecule has 6 heterocycles. The van der Waals surface area contributed by atoms with Crippen molar-refractivity contribution in [1.29, 1.82) is 0 Å². The molecule has 71 heavy (non-hydrogen) atoms. The summed E-state index contributed by atoms with van der Waals surface area (Å²) in [5.41, 5.74) is 18.1. The van der Waals surface area contributed by atoms with Crippen LogP contribution in [0.1, 0.15) is 58.1 Å². The molecule has 7 rings (SSSR count). The van der Waals surface area contributed by atoms with Crippen LogP contribution < -0.4 is 22.9 Å². The fourth-order valence-electron chi connectivity index (χ4n) is 7.97. The van der Waals surface area contributed by atoms with Gasteiger partial charge in [0.25, 0.3) is 0 Å². The standard InChI is InChI=1S/C40H56N10O17P2S2/c1-40(2,3)71-70-18-25(48(4)39(54)61-15-21-7-9-22(41)10-8-21)37(52)66-32-27(65-36(30(32)51)50-20-46-29-33(43)44-19-45-34(29)50)17-63-69(58,59)67-31-24(14-23-6-5-13-60-23)35(49-12-11-28(42)47-38(49)53)64-26(31)16-62-68(55,56)57/h7-12,19-20,23-27,30-32,35-36,51H,5-6,13-18,41H2,1-4H3,(H,58,59)(H2,42,47,53)(H2,43,44,45)(H2,55,56,57)/t23?,24-,25+,26-,27-,30-,31+,32-,35-,36-/m1/s1. The number of carbonyl (C=O) groups is 2. The van der Waals surface area contributed by atoms with Gasteiger partial charge in [-0.15, -0.1) is 0 Å². The number of aromatic nitrogens is 6. The van der Waals surface area contributed by atoms with E-state index in [1.807, 2.05) is 20.8 Å². The molecule has 3 aliphatic heterocycles. The summed E-state index contributed by atoms with van der Waals surface area (Å²) in [6.07, 6.45) is -7.24. The van der Waals surface area contributed by atoms with E-state index in [0.717, 1.165) is 15.8 Å². The van der Waals surface area contributed by atoms with Gasteiger partial charge in [0.1, 0.15) is 61.0 Å². The molecule has 2 unspecified atom stereocenters. The van der Waals surface area contributed by atoms with E-state index in [0.29, 0.717) is 30.7 Å². The predicted octanol–water partition coefficient (Wildman–Crippen LogP) is 2.51. The maximum Gasteiger partial charge on any atom is 0.472 e. The minimum absolute atomic E-state index is 0.000197. The third-order valence-electron chi connectivity index (χ3n) is 11.3. The van der Waals surface area contributed by atoms with Crippen molar-refractivity contribution in [2.75, 3.05) is 49.8 Å². The number of hydrogen-bond donors (Lipinski definition) is 7. The highest BCUT2D eigenvalue weighted by molar-refractivity contribution is 8.77. The molecule has 3 saturated heterocycles. The molecule has 0 bridgehead atoms. The van der Waals surface area contributed by atoms with Gasteiger partial charge in [0.2, 0.25) is 0 Å². The Labute approximate surface area is 413 Å². The van der Waals surface area contributed by atoms with Crippen LogP contribution in [0.2, 0.25) is 0 Å². The number of rotatable bonds is 20. The van der Waals surface area contributed by atoms with E-state index in [4.69, 9.17) is 54.5 Å². The topological polar surface area (TPSA) is 383 Å². The number of nitrogen functional groups attached to an aromatic ring is 3. The number of aliphatic hydroxyl groups excluding tert-OH is 1. The number of amides is 1. The first kappa shape index (κ1) is 54.3. The van der Waals surface area contributed by atoms with Gasteiger partial charge in [-0.2, -0.15) is 4.98 Å². The molecule has 27 nitrogen and oxygen atoms in total. The van der Waals surface area contributed by atoms with Crippen molar-refractivity contribution in [3.63, 3.8) is 0 Å². The minimum atomic E-state index is -5.37. The first-order chi connectivity index (χ1) is 33.5. The predicted molar refractivity (Wildman–Crippen MR) is 254 cm³/mol. The summed E-state index contributed by atoms with van der Waals surface area (Å²) < 4.78 is 73.9. The number of fused-ring (bicyclic) bond motifs is 1. The highest BCUT2D eigenvalue weighted by atomic mass is 33.1. The number of hydrogen-bond acceptors (Lipinski definition) is 23. The van der Waals surface area contributed by atoms with Gasteiger partial charge in [-0.3, -0.25) is 27.6 Å². The Hall–Kier alpha value is -4.45. The zero-order valence-corrected chi connectivity index (χ0v) is 42.1. The molecule has 31 heteroatoms. The fourth-order valence-corrected chi connectivity index (χ4v) is 11.9. The maximum atomic E-state index is 14.4. The van der Waals surface area contributed by atoms with Crippen LogP contribution in [-0.4, -0.2) is 146 Å². The van der Waals surface area contributed by atoms with Crippen LogP contribution in [0.15, 0.2) is 54.0 Å². The molecular formula is C40H56N10O17P2S2. The molecule has 1 amide bonds. The van der Waals surface area contributed by atoms with Crippen molar-refractivity contribution in [3.8, 4) is 0 Å². The molecule has 1 aromatic carbocycles. The highest BCUT2D eigenvalue weighted by Crippen LogP contribution is 2.53. The smallest absolute Gasteiger partial charge is 0.455 e. The van der Waals surface area contributed by atoms with Crippen molar-refractivity contribution in [2.45, 2.75) is 107 Å². The molecule has 390 valence electrons. The first-order valence-electron chi connectivity index (χ1n) is 22.0. The van der Waals surface area contributed by atoms with E-state index in [2.05, 4.69) is 19.9 Å².